The monoisotopic (exact) mass is 196 g/mol. The van der Waals surface area contributed by atoms with Gasteiger partial charge in [-0.2, -0.15) is 0 Å². The van der Waals surface area contributed by atoms with E-state index in [2.05, 4.69) is 31.8 Å². The lowest BCUT2D eigenvalue weighted by atomic mass is 10.2. The Hall–Kier alpha value is -0.540. The van der Waals surface area contributed by atoms with Crippen LogP contribution in [0.15, 0.2) is 17.3 Å². The summed E-state index contributed by atoms with van der Waals surface area (Å²) in [6.45, 7) is 6.99. The van der Waals surface area contributed by atoms with Gasteiger partial charge in [0.25, 0.3) is 0 Å². The molecule has 2 N–H and O–H groups in total. The Bertz CT molecular complexity index is 284. The summed E-state index contributed by atoms with van der Waals surface area (Å²) < 4.78 is 0. The van der Waals surface area contributed by atoms with Gasteiger partial charge in [0.2, 0.25) is 0 Å². The number of aryl methyl sites for hydroxylation is 1. The predicted octanol–water partition coefficient (Wildman–Crippen LogP) is 2.35. The smallest absolute Gasteiger partial charge is 0.0991 e. The molecule has 0 fully saturated rings. The van der Waals surface area contributed by atoms with Gasteiger partial charge in [-0.3, -0.25) is 0 Å². The highest BCUT2D eigenvalue weighted by Gasteiger charge is 2.03. The van der Waals surface area contributed by atoms with Crippen LogP contribution in [0.25, 0.3) is 0 Å². The number of nitrogens with two attached hydrogens (primary N) is 1. The van der Waals surface area contributed by atoms with Gasteiger partial charge in [-0.1, -0.05) is 19.9 Å². The minimum Gasteiger partial charge on any atom is -0.326 e. The van der Waals surface area contributed by atoms with Crippen LogP contribution in [-0.4, -0.2) is 10.2 Å². The fraction of sp³-hybridized carbons (Fsp3) is 0.500. The lowest BCUT2D eigenvalue weighted by Gasteiger charge is -2.07. The highest BCUT2D eigenvalue weighted by atomic mass is 32.2. The number of pyridine rings is 1. The third-order valence-corrected chi connectivity index (χ3v) is 2.79. The number of rotatable bonds is 3. The van der Waals surface area contributed by atoms with E-state index in [1.807, 2.05) is 6.20 Å². The second-order valence-electron chi connectivity index (χ2n) is 3.34. The number of hydrogen-bond acceptors (Lipinski definition) is 3. The van der Waals surface area contributed by atoms with Gasteiger partial charge in [-0.15, -0.1) is 11.8 Å². The Balaban J connectivity index is 2.85. The molecule has 0 atom stereocenters. The zero-order chi connectivity index (χ0) is 9.84. The molecule has 0 aromatic carbocycles. The molecule has 0 saturated carbocycles. The van der Waals surface area contributed by atoms with Crippen molar-refractivity contribution in [2.24, 2.45) is 5.73 Å². The Morgan fingerprint density at radius 1 is 1.54 bits per heavy atom. The van der Waals surface area contributed by atoms with Crippen molar-refractivity contribution in [3.63, 3.8) is 0 Å². The molecule has 0 aliphatic rings. The van der Waals surface area contributed by atoms with Crippen LogP contribution < -0.4 is 5.73 Å². The molecule has 1 heterocycles. The summed E-state index contributed by atoms with van der Waals surface area (Å²) in [7, 11) is 0. The highest BCUT2D eigenvalue weighted by Crippen LogP contribution is 2.24. The third-order valence-electron chi connectivity index (χ3n) is 1.67. The van der Waals surface area contributed by atoms with E-state index >= 15 is 0 Å². The average Bonchev–Trinajstić information content (AvgIpc) is 2.08. The normalized spacial score (nSPS) is 10.8. The summed E-state index contributed by atoms with van der Waals surface area (Å²) in [6.07, 6.45) is 1.86. The van der Waals surface area contributed by atoms with Gasteiger partial charge in [0, 0.05) is 18.0 Å². The molecule has 1 aromatic rings. The highest BCUT2D eigenvalue weighted by molar-refractivity contribution is 7.99. The van der Waals surface area contributed by atoms with Crippen molar-refractivity contribution in [2.75, 3.05) is 0 Å². The van der Waals surface area contributed by atoms with Crippen molar-refractivity contribution in [1.82, 2.24) is 4.98 Å². The van der Waals surface area contributed by atoms with E-state index in [9.17, 15) is 0 Å². The van der Waals surface area contributed by atoms with Crippen LogP contribution in [0.2, 0.25) is 0 Å². The van der Waals surface area contributed by atoms with Crippen molar-refractivity contribution >= 4 is 11.8 Å². The van der Waals surface area contributed by atoms with Crippen LogP contribution in [0.4, 0.5) is 0 Å². The van der Waals surface area contributed by atoms with Gasteiger partial charge < -0.3 is 5.73 Å². The van der Waals surface area contributed by atoms with Crippen LogP contribution in [0.3, 0.4) is 0 Å². The first kappa shape index (κ1) is 10.5. The van der Waals surface area contributed by atoms with Crippen molar-refractivity contribution in [3.8, 4) is 0 Å². The number of hydrogen-bond donors (Lipinski definition) is 1. The maximum atomic E-state index is 5.52. The minimum absolute atomic E-state index is 0.570. The first-order chi connectivity index (χ1) is 6.13. The van der Waals surface area contributed by atoms with Gasteiger partial charge in [0.15, 0.2) is 0 Å². The van der Waals surface area contributed by atoms with Crippen molar-refractivity contribution < 1.29 is 0 Å². The molecular weight excluding hydrogens is 180 g/mol. The molecule has 0 unspecified atom stereocenters. The zero-order valence-corrected chi connectivity index (χ0v) is 9.19. The maximum Gasteiger partial charge on any atom is 0.0991 e. The van der Waals surface area contributed by atoms with Gasteiger partial charge in [0.05, 0.1) is 5.03 Å². The molecule has 2 nitrogen and oxygen atoms in total. The summed E-state index contributed by atoms with van der Waals surface area (Å²) in [5.41, 5.74) is 7.85. The van der Waals surface area contributed by atoms with E-state index in [1.54, 1.807) is 11.8 Å². The van der Waals surface area contributed by atoms with E-state index in [0.717, 1.165) is 10.6 Å². The van der Waals surface area contributed by atoms with Crippen molar-refractivity contribution in [2.45, 2.75) is 37.6 Å². The van der Waals surface area contributed by atoms with Crippen LogP contribution in [0.1, 0.15) is 25.0 Å². The molecule has 72 valence electrons. The topological polar surface area (TPSA) is 38.9 Å². The summed E-state index contributed by atoms with van der Waals surface area (Å²) >= 11 is 1.79. The van der Waals surface area contributed by atoms with Crippen LogP contribution in [0, 0.1) is 6.92 Å². The second kappa shape index (κ2) is 4.63. The molecule has 0 saturated heterocycles. The fourth-order valence-electron chi connectivity index (χ4n) is 1.08. The average molecular weight is 196 g/mol. The van der Waals surface area contributed by atoms with Crippen molar-refractivity contribution in [3.05, 3.63) is 23.4 Å². The Labute approximate surface area is 83.9 Å². The predicted molar refractivity (Wildman–Crippen MR) is 57.9 cm³/mol. The molecule has 0 aliphatic heterocycles. The van der Waals surface area contributed by atoms with E-state index in [-0.39, 0.29) is 0 Å². The lowest BCUT2D eigenvalue weighted by Crippen LogP contribution is -1.99. The molecule has 0 aliphatic carbocycles. The van der Waals surface area contributed by atoms with E-state index in [4.69, 9.17) is 5.73 Å². The molecule has 0 spiro atoms. The second-order valence-corrected chi connectivity index (χ2v) is 4.90. The number of thioether (sulfide) groups is 1. The molecule has 0 amide bonds. The van der Waals surface area contributed by atoms with E-state index in [1.165, 1.54) is 5.56 Å². The Morgan fingerprint density at radius 3 is 2.69 bits per heavy atom. The largest absolute Gasteiger partial charge is 0.326 e. The van der Waals surface area contributed by atoms with E-state index in [0.29, 0.717) is 11.8 Å². The quantitative estimate of drug-likeness (QED) is 0.754. The Kier molecular flexibility index (Phi) is 3.75. The molecule has 0 bridgehead atoms. The molecule has 3 heteroatoms. The molecule has 13 heavy (non-hydrogen) atoms. The SMILES string of the molecule is Cc1cc(CN)cnc1SC(C)C. The molecule has 0 radical (unpaired) electrons. The number of nitrogens with zero attached hydrogens (tertiary/aromatic N) is 1. The number of aromatic nitrogens is 1. The maximum absolute atomic E-state index is 5.52. The summed E-state index contributed by atoms with van der Waals surface area (Å²) in [6, 6.07) is 2.11. The minimum atomic E-state index is 0.570. The van der Waals surface area contributed by atoms with Crippen molar-refractivity contribution in [1.29, 1.82) is 0 Å². The summed E-state index contributed by atoms with van der Waals surface area (Å²) in [5, 5.41) is 1.70. The van der Waals surface area contributed by atoms with Gasteiger partial charge in [-0.25, -0.2) is 4.98 Å². The zero-order valence-electron chi connectivity index (χ0n) is 8.37. The lowest BCUT2D eigenvalue weighted by molar-refractivity contribution is 0.981. The van der Waals surface area contributed by atoms with Gasteiger partial charge in [0.1, 0.15) is 0 Å². The summed E-state index contributed by atoms with van der Waals surface area (Å²) in [4.78, 5) is 4.37. The first-order valence-corrected chi connectivity index (χ1v) is 5.33. The Morgan fingerprint density at radius 2 is 2.23 bits per heavy atom. The third kappa shape index (κ3) is 3.01. The molecular formula is C10H16N2S. The van der Waals surface area contributed by atoms with Crippen LogP contribution >= 0.6 is 11.8 Å². The van der Waals surface area contributed by atoms with Gasteiger partial charge in [-0.05, 0) is 18.1 Å². The summed E-state index contributed by atoms with van der Waals surface area (Å²) in [5.74, 6) is 0. The van der Waals surface area contributed by atoms with Crippen LogP contribution in [0.5, 0.6) is 0 Å². The molecule has 1 rings (SSSR count). The fourth-order valence-corrected chi connectivity index (χ4v) is 1.88. The van der Waals surface area contributed by atoms with E-state index < -0.39 is 0 Å². The standard InChI is InChI=1S/C10H16N2S/c1-7(2)13-10-8(3)4-9(5-11)6-12-10/h4,6-7H,5,11H2,1-3H3. The van der Waals surface area contributed by atoms with Gasteiger partial charge >= 0.3 is 0 Å². The molecule has 1 aromatic heterocycles. The van der Waals surface area contributed by atoms with Crippen LogP contribution in [-0.2, 0) is 6.54 Å². The first-order valence-electron chi connectivity index (χ1n) is 4.45.